The molecule has 4 atom stereocenters. The van der Waals surface area contributed by atoms with Gasteiger partial charge in [-0.15, -0.1) is 0 Å². The minimum Gasteiger partial charge on any atom is -0.480 e. The molecule has 2 aliphatic rings. The Kier molecular flexibility index (Phi) is 10.0. The van der Waals surface area contributed by atoms with E-state index in [4.69, 9.17) is 0 Å². The molecule has 4 heteroatoms. The number of aryl methyl sites for hydroxylation is 1. The average Bonchev–Trinajstić information content (AvgIpc) is 3.27. The molecule has 2 aromatic rings. The van der Waals surface area contributed by atoms with Crippen molar-refractivity contribution < 1.29 is 9.90 Å². The Bertz CT molecular complexity index is 908. The predicted octanol–water partition coefficient (Wildman–Crippen LogP) is 6.37. The third kappa shape index (κ3) is 7.91. The number of aliphatic carboxylic acids is 1. The van der Waals surface area contributed by atoms with Gasteiger partial charge in [-0.25, -0.2) is 0 Å². The summed E-state index contributed by atoms with van der Waals surface area (Å²) in [4.78, 5) is 14.6. The predicted molar refractivity (Wildman–Crippen MR) is 148 cm³/mol. The molecule has 1 aliphatic heterocycles. The number of carboxylic acid groups (broad SMARTS) is 1. The second kappa shape index (κ2) is 13.4. The van der Waals surface area contributed by atoms with Crippen LogP contribution in [0.1, 0.15) is 75.8 Å². The summed E-state index contributed by atoms with van der Waals surface area (Å²) in [7, 11) is 0. The molecule has 0 radical (unpaired) electrons. The monoisotopic (exact) mass is 490 g/mol. The van der Waals surface area contributed by atoms with Crippen LogP contribution >= 0.6 is 0 Å². The summed E-state index contributed by atoms with van der Waals surface area (Å²) in [5, 5.41) is 13.3. The Morgan fingerprint density at radius 3 is 2.31 bits per heavy atom. The summed E-state index contributed by atoms with van der Waals surface area (Å²) in [6, 6.07) is 21.6. The zero-order valence-corrected chi connectivity index (χ0v) is 22.3. The standard InChI is InChI=1S/C32H46N2O2/c1-24(2)20-31(32(35)36)33-29-21-28(30(22-29)27-14-7-4-8-15-27)23-34-18-16-26(17-19-34)13-9-12-25-10-5-3-6-11-25/h3-8,10-11,14-15,24,26,28-31,33H,9,12-13,16-23H2,1-2H3,(H,35,36)/t28-,29+,30-,31+/m1/s1. The topological polar surface area (TPSA) is 52.6 Å². The number of likely N-dealkylation sites (tertiary alicyclic amines) is 1. The number of rotatable bonds is 12. The molecule has 2 N–H and O–H groups in total. The van der Waals surface area contributed by atoms with E-state index in [1.807, 2.05) is 0 Å². The molecule has 0 unspecified atom stereocenters. The molecule has 36 heavy (non-hydrogen) atoms. The molecule has 4 nitrogen and oxygen atoms in total. The second-order valence-electron chi connectivity index (χ2n) is 11.8. The van der Waals surface area contributed by atoms with Crippen molar-refractivity contribution in [2.24, 2.45) is 17.8 Å². The van der Waals surface area contributed by atoms with Crippen LogP contribution in [0.5, 0.6) is 0 Å². The van der Waals surface area contributed by atoms with Gasteiger partial charge >= 0.3 is 5.97 Å². The highest BCUT2D eigenvalue weighted by Gasteiger charge is 2.38. The third-order valence-corrected chi connectivity index (χ3v) is 8.49. The van der Waals surface area contributed by atoms with Crippen molar-refractivity contribution in [3.63, 3.8) is 0 Å². The first kappa shape index (κ1) is 26.9. The van der Waals surface area contributed by atoms with Crippen LogP contribution in [0.4, 0.5) is 0 Å². The van der Waals surface area contributed by atoms with Crippen LogP contribution in [0.2, 0.25) is 0 Å². The summed E-state index contributed by atoms with van der Waals surface area (Å²) >= 11 is 0. The van der Waals surface area contributed by atoms with E-state index in [2.05, 4.69) is 84.7 Å². The molecule has 0 amide bonds. The maximum Gasteiger partial charge on any atom is 0.320 e. The summed E-state index contributed by atoms with van der Waals surface area (Å²) in [6.07, 6.45) is 9.25. The summed E-state index contributed by atoms with van der Waals surface area (Å²) in [5.74, 6) is 1.60. The van der Waals surface area contributed by atoms with Gasteiger partial charge in [0.15, 0.2) is 0 Å². The van der Waals surface area contributed by atoms with Crippen molar-refractivity contribution in [3.8, 4) is 0 Å². The molecular formula is C32H46N2O2. The smallest absolute Gasteiger partial charge is 0.320 e. The molecule has 0 aromatic heterocycles. The van der Waals surface area contributed by atoms with Gasteiger partial charge < -0.3 is 15.3 Å². The maximum atomic E-state index is 11.9. The number of nitrogens with zero attached hydrogens (tertiary/aromatic N) is 1. The van der Waals surface area contributed by atoms with E-state index in [0.29, 0.717) is 24.2 Å². The van der Waals surface area contributed by atoms with Crippen molar-refractivity contribution in [1.29, 1.82) is 0 Å². The first-order valence-corrected chi connectivity index (χ1v) is 14.3. The fourth-order valence-corrected chi connectivity index (χ4v) is 6.60. The van der Waals surface area contributed by atoms with E-state index in [1.165, 1.54) is 56.3 Å². The molecule has 2 aromatic carbocycles. The molecule has 1 saturated carbocycles. The molecule has 4 rings (SSSR count). The van der Waals surface area contributed by atoms with Gasteiger partial charge in [0.25, 0.3) is 0 Å². The number of carboxylic acids is 1. The first-order chi connectivity index (χ1) is 17.5. The number of benzene rings is 2. The van der Waals surface area contributed by atoms with Crippen LogP contribution in [0.15, 0.2) is 60.7 Å². The van der Waals surface area contributed by atoms with Gasteiger partial charge in [-0.2, -0.15) is 0 Å². The van der Waals surface area contributed by atoms with Gasteiger partial charge in [-0.1, -0.05) is 80.9 Å². The molecule has 1 heterocycles. The molecular weight excluding hydrogens is 444 g/mol. The van der Waals surface area contributed by atoms with Crippen molar-refractivity contribution >= 4 is 5.97 Å². The van der Waals surface area contributed by atoms with Crippen molar-refractivity contribution in [2.75, 3.05) is 19.6 Å². The van der Waals surface area contributed by atoms with Crippen LogP contribution in [0.25, 0.3) is 0 Å². The normalized spacial score (nSPS) is 24.2. The summed E-state index contributed by atoms with van der Waals surface area (Å²) in [5.41, 5.74) is 2.88. The number of nitrogens with one attached hydrogen (secondary N) is 1. The Hall–Kier alpha value is -2.17. The molecule has 196 valence electrons. The highest BCUT2D eigenvalue weighted by Crippen LogP contribution is 2.41. The van der Waals surface area contributed by atoms with Crippen molar-refractivity contribution in [2.45, 2.75) is 83.2 Å². The van der Waals surface area contributed by atoms with Crippen molar-refractivity contribution in [1.82, 2.24) is 10.2 Å². The van der Waals surface area contributed by atoms with Gasteiger partial charge in [-0.05, 0) is 92.8 Å². The van der Waals surface area contributed by atoms with Crippen LogP contribution in [-0.2, 0) is 11.2 Å². The molecule has 1 aliphatic carbocycles. The highest BCUT2D eigenvalue weighted by atomic mass is 16.4. The largest absolute Gasteiger partial charge is 0.480 e. The zero-order chi connectivity index (χ0) is 25.3. The van der Waals surface area contributed by atoms with Gasteiger partial charge in [0.2, 0.25) is 0 Å². The third-order valence-electron chi connectivity index (χ3n) is 8.49. The Morgan fingerprint density at radius 2 is 1.67 bits per heavy atom. The number of carbonyl (C=O) groups is 1. The fourth-order valence-electron chi connectivity index (χ4n) is 6.60. The van der Waals surface area contributed by atoms with E-state index in [0.717, 1.165) is 25.3 Å². The molecule has 2 fully saturated rings. The van der Waals surface area contributed by atoms with Gasteiger partial charge in [0.1, 0.15) is 6.04 Å². The van der Waals surface area contributed by atoms with Crippen LogP contribution in [-0.4, -0.2) is 47.7 Å². The molecule has 1 saturated heterocycles. The molecule has 0 bridgehead atoms. The molecule has 0 spiro atoms. The van der Waals surface area contributed by atoms with Crippen LogP contribution < -0.4 is 5.32 Å². The first-order valence-electron chi connectivity index (χ1n) is 14.3. The summed E-state index contributed by atoms with van der Waals surface area (Å²) in [6.45, 7) is 7.76. The van der Waals surface area contributed by atoms with Gasteiger partial charge in [-0.3, -0.25) is 4.79 Å². The lowest BCUT2D eigenvalue weighted by Gasteiger charge is -2.35. The quantitative estimate of drug-likeness (QED) is 0.363. The Labute approximate surface area is 218 Å². The van der Waals surface area contributed by atoms with Crippen LogP contribution in [0.3, 0.4) is 0 Å². The van der Waals surface area contributed by atoms with E-state index in [9.17, 15) is 9.90 Å². The van der Waals surface area contributed by atoms with E-state index >= 15 is 0 Å². The Balaban J connectivity index is 1.29. The van der Waals surface area contributed by atoms with Gasteiger partial charge in [0.05, 0.1) is 0 Å². The average molecular weight is 491 g/mol. The number of hydrogen-bond acceptors (Lipinski definition) is 3. The lowest BCUT2D eigenvalue weighted by Crippen LogP contribution is -2.43. The SMILES string of the molecule is CC(C)C[C@H](N[C@H]1C[C@H](CN2CCC(CCCc3ccccc3)CC2)[C@@H](c2ccccc2)C1)C(=O)O. The lowest BCUT2D eigenvalue weighted by atomic mass is 9.87. The number of piperidine rings is 1. The van der Waals surface area contributed by atoms with Gasteiger partial charge in [0, 0.05) is 12.6 Å². The fraction of sp³-hybridized carbons (Fsp3) is 0.594. The maximum absolute atomic E-state index is 11.9. The zero-order valence-electron chi connectivity index (χ0n) is 22.3. The summed E-state index contributed by atoms with van der Waals surface area (Å²) < 4.78 is 0. The van der Waals surface area contributed by atoms with Crippen molar-refractivity contribution in [3.05, 3.63) is 71.8 Å². The number of hydrogen-bond donors (Lipinski definition) is 2. The van der Waals surface area contributed by atoms with Crippen LogP contribution in [0, 0.1) is 17.8 Å². The second-order valence-corrected chi connectivity index (χ2v) is 11.8. The Morgan fingerprint density at radius 1 is 1.00 bits per heavy atom. The lowest BCUT2D eigenvalue weighted by molar-refractivity contribution is -0.140. The van der Waals surface area contributed by atoms with E-state index < -0.39 is 12.0 Å². The van der Waals surface area contributed by atoms with E-state index in [1.54, 1.807) is 0 Å². The van der Waals surface area contributed by atoms with E-state index in [-0.39, 0.29) is 6.04 Å². The minimum absolute atomic E-state index is 0.274. The minimum atomic E-state index is -0.710. The highest BCUT2D eigenvalue weighted by molar-refractivity contribution is 5.73.